The van der Waals surface area contributed by atoms with Gasteiger partial charge in [-0.05, 0) is 35.9 Å². The molecule has 1 N–H and O–H groups in total. The highest BCUT2D eigenvalue weighted by atomic mass is 32.1. The second-order valence-electron chi connectivity index (χ2n) is 6.42. The van der Waals surface area contributed by atoms with Crippen LogP contribution in [-0.2, 0) is 13.2 Å². The van der Waals surface area contributed by atoms with Gasteiger partial charge in [-0.2, -0.15) is 5.26 Å². The summed E-state index contributed by atoms with van der Waals surface area (Å²) in [4.78, 5) is 0. The van der Waals surface area contributed by atoms with E-state index in [1.165, 1.54) is 16.9 Å². The van der Waals surface area contributed by atoms with Gasteiger partial charge in [0.05, 0.1) is 0 Å². The molecular formula is C22H20N2O3S. The summed E-state index contributed by atoms with van der Waals surface area (Å²) in [5.74, 6) is 1.45. The van der Waals surface area contributed by atoms with E-state index in [2.05, 4.69) is 23.5 Å². The van der Waals surface area contributed by atoms with Crippen LogP contribution >= 0.6 is 11.3 Å². The first kappa shape index (κ1) is 18.4. The molecule has 6 heteroatoms. The summed E-state index contributed by atoms with van der Waals surface area (Å²) in [6, 6.07) is 16.3. The smallest absolute Gasteiger partial charge is 0.192 e. The van der Waals surface area contributed by atoms with Crippen molar-refractivity contribution in [3.63, 3.8) is 0 Å². The van der Waals surface area contributed by atoms with Gasteiger partial charge in [0.2, 0.25) is 0 Å². The Balaban J connectivity index is 1.52. The van der Waals surface area contributed by atoms with Crippen LogP contribution in [0.15, 0.2) is 47.8 Å². The predicted octanol–water partition coefficient (Wildman–Crippen LogP) is 4.36. The van der Waals surface area contributed by atoms with Gasteiger partial charge < -0.3 is 19.5 Å². The second kappa shape index (κ2) is 8.34. The molecule has 0 saturated heterocycles. The molecule has 142 valence electrons. The zero-order valence-electron chi connectivity index (χ0n) is 15.5. The van der Waals surface area contributed by atoms with E-state index in [0.717, 1.165) is 29.0 Å². The van der Waals surface area contributed by atoms with Crippen LogP contribution in [0, 0.1) is 11.3 Å². The van der Waals surface area contributed by atoms with Crippen molar-refractivity contribution in [2.45, 2.75) is 13.2 Å². The third-order valence-electron chi connectivity index (χ3n) is 4.50. The first-order valence-electron chi connectivity index (χ1n) is 9.05. The Labute approximate surface area is 168 Å². The minimum atomic E-state index is 0.426. The Morgan fingerprint density at radius 2 is 1.82 bits per heavy atom. The summed E-state index contributed by atoms with van der Waals surface area (Å²) < 4.78 is 17.2. The average molecular weight is 392 g/mol. The molecule has 0 spiro atoms. The molecule has 28 heavy (non-hydrogen) atoms. The van der Waals surface area contributed by atoms with Crippen molar-refractivity contribution in [2.75, 3.05) is 20.3 Å². The number of benzene rings is 2. The Bertz CT molecular complexity index is 1010. The summed E-state index contributed by atoms with van der Waals surface area (Å²) in [7, 11) is 1.93. The Kier molecular flexibility index (Phi) is 5.47. The molecule has 0 aliphatic carbocycles. The van der Waals surface area contributed by atoms with E-state index in [4.69, 9.17) is 14.2 Å². The number of nitriles is 1. The molecular weight excluding hydrogens is 372 g/mol. The molecule has 1 aliphatic rings. The van der Waals surface area contributed by atoms with E-state index in [9.17, 15) is 5.26 Å². The molecule has 2 aromatic carbocycles. The number of hydrogen-bond donors (Lipinski definition) is 1. The van der Waals surface area contributed by atoms with E-state index in [-0.39, 0.29) is 0 Å². The summed E-state index contributed by atoms with van der Waals surface area (Å²) in [6.45, 7) is 2.36. The van der Waals surface area contributed by atoms with Crippen LogP contribution in [0.1, 0.15) is 16.7 Å². The van der Waals surface area contributed by atoms with Gasteiger partial charge in [0.1, 0.15) is 31.5 Å². The molecule has 0 amide bonds. The fraction of sp³-hybridized carbons (Fsp3) is 0.227. The van der Waals surface area contributed by atoms with Crippen molar-refractivity contribution in [3.8, 4) is 33.8 Å². The number of nitrogens with zero attached hydrogens (tertiary/aromatic N) is 1. The molecule has 0 fully saturated rings. The van der Waals surface area contributed by atoms with Gasteiger partial charge in [0, 0.05) is 17.5 Å². The summed E-state index contributed by atoms with van der Waals surface area (Å²) in [6.07, 6.45) is 0. The van der Waals surface area contributed by atoms with Crippen LogP contribution in [0.4, 0.5) is 0 Å². The lowest BCUT2D eigenvalue weighted by Gasteiger charge is -2.18. The van der Waals surface area contributed by atoms with E-state index >= 15 is 0 Å². The van der Waals surface area contributed by atoms with Crippen molar-refractivity contribution in [3.05, 3.63) is 64.5 Å². The second-order valence-corrected chi connectivity index (χ2v) is 7.26. The SMILES string of the molecule is CNCc1ccc(COc2scc(-c3ccc4c(c3)OCCO4)c2C#N)cc1. The lowest BCUT2D eigenvalue weighted by atomic mass is 10.0. The summed E-state index contributed by atoms with van der Waals surface area (Å²) >= 11 is 1.44. The average Bonchev–Trinajstić information content (AvgIpc) is 3.16. The predicted molar refractivity (Wildman–Crippen MR) is 109 cm³/mol. The maximum atomic E-state index is 9.69. The molecule has 4 rings (SSSR count). The third-order valence-corrected chi connectivity index (χ3v) is 5.39. The van der Waals surface area contributed by atoms with Gasteiger partial charge in [-0.1, -0.05) is 30.3 Å². The number of hydrogen-bond acceptors (Lipinski definition) is 6. The minimum absolute atomic E-state index is 0.426. The van der Waals surface area contributed by atoms with Crippen molar-refractivity contribution >= 4 is 11.3 Å². The van der Waals surface area contributed by atoms with Crippen LogP contribution in [0.25, 0.3) is 11.1 Å². The molecule has 0 unspecified atom stereocenters. The first-order chi connectivity index (χ1) is 13.8. The van der Waals surface area contributed by atoms with Crippen LogP contribution < -0.4 is 19.5 Å². The molecule has 2 heterocycles. The van der Waals surface area contributed by atoms with Crippen LogP contribution in [-0.4, -0.2) is 20.3 Å². The van der Waals surface area contributed by atoms with Gasteiger partial charge in [-0.25, -0.2) is 0 Å². The van der Waals surface area contributed by atoms with Gasteiger partial charge in [0.15, 0.2) is 16.6 Å². The maximum absolute atomic E-state index is 9.69. The Morgan fingerprint density at radius 1 is 1.07 bits per heavy atom. The Hall–Kier alpha value is -3.01. The largest absolute Gasteiger partial charge is 0.486 e. The lowest BCUT2D eigenvalue weighted by Crippen LogP contribution is -2.15. The highest BCUT2D eigenvalue weighted by Crippen LogP contribution is 2.40. The fourth-order valence-corrected chi connectivity index (χ4v) is 3.96. The van der Waals surface area contributed by atoms with E-state index in [0.29, 0.717) is 36.2 Å². The van der Waals surface area contributed by atoms with Crippen molar-refractivity contribution in [1.82, 2.24) is 5.32 Å². The quantitative estimate of drug-likeness (QED) is 0.675. The molecule has 1 aromatic heterocycles. The zero-order valence-corrected chi connectivity index (χ0v) is 16.3. The standard InChI is InChI=1S/C22H20N2O3S/c1-24-12-15-2-4-16(5-3-15)13-27-22-18(11-23)19(14-28-22)17-6-7-20-21(10-17)26-9-8-25-20/h2-7,10,14,24H,8-9,12-13H2,1H3. The minimum Gasteiger partial charge on any atom is -0.486 e. The third kappa shape index (κ3) is 3.81. The highest BCUT2D eigenvalue weighted by Gasteiger charge is 2.18. The molecule has 0 saturated carbocycles. The van der Waals surface area contributed by atoms with Crippen molar-refractivity contribution in [1.29, 1.82) is 5.26 Å². The number of thiophene rings is 1. The van der Waals surface area contributed by atoms with E-state index in [1.54, 1.807) is 0 Å². The normalized spacial score (nSPS) is 12.4. The fourth-order valence-electron chi connectivity index (χ4n) is 3.08. The molecule has 0 atom stereocenters. The highest BCUT2D eigenvalue weighted by molar-refractivity contribution is 7.12. The van der Waals surface area contributed by atoms with Gasteiger partial charge in [0.25, 0.3) is 0 Å². The van der Waals surface area contributed by atoms with Crippen molar-refractivity contribution in [2.24, 2.45) is 0 Å². The maximum Gasteiger partial charge on any atom is 0.192 e. The number of rotatable bonds is 6. The first-order valence-corrected chi connectivity index (χ1v) is 9.93. The van der Waals surface area contributed by atoms with Crippen LogP contribution in [0.3, 0.4) is 0 Å². The zero-order chi connectivity index (χ0) is 19.3. The summed E-state index contributed by atoms with van der Waals surface area (Å²) in [5.41, 5.74) is 4.61. The van der Waals surface area contributed by atoms with Gasteiger partial charge in [-0.3, -0.25) is 0 Å². The van der Waals surface area contributed by atoms with E-state index < -0.39 is 0 Å². The molecule has 0 radical (unpaired) electrons. The van der Waals surface area contributed by atoms with Crippen LogP contribution in [0.5, 0.6) is 16.6 Å². The summed E-state index contributed by atoms with van der Waals surface area (Å²) in [5, 5.41) is 15.4. The lowest BCUT2D eigenvalue weighted by molar-refractivity contribution is 0.171. The molecule has 5 nitrogen and oxygen atoms in total. The monoisotopic (exact) mass is 392 g/mol. The van der Waals surface area contributed by atoms with E-state index in [1.807, 2.05) is 42.8 Å². The molecule has 3 aromatic rings. The number of nitrogens with one attached hydrogen (secondary N) is 1. The molecule has 0 bridgehead atoms. The van der Waals surface area contributed by atoms with Crippen LogP contribution in [0.2, 0.25) is 0 Å². The van der Waals surface area contributed by atoms with Gasteiger partial charge >= 0.3 is 0 Å². The van der Waals surface area contributed by atoms with Gasteiger partial charge in [-0.15, -0.1) is 11.3 Å². The van der Waals surface area contributed by atoms with Crippen molar-refractivity contribution < 1.29 is 14.2 Å². The molecule has 1 aliphatic heterocycles. The number of ether oxygens (including phenoxy) is 3. The topological polar surface area (TPSA) is 63.5 Å². The Morgan fingerprint density at radius 3 is 2.57 bits per heavy atom. The number of fused-ring (bicyclic) bond motifs is 1.